The van der Waals surface area contributed by atoms with Crippen LogP contribution in [0.4, 0.5) is 11.5 Å². The number of nitrogens with zero attached hydrogens (tertiary/aromatic N) is 2. The first-order chi connectivity index (χ1) is 10.8. The van der Waals surface area contributed by atoms with Gasteiger partial charge >= 0.3 is 0 Å². The second-order valence-corrected chi connectivity index (χ2v) is 7.18. The molecule has 0 saturated heterocycles. The molecule has 6 nitrogen and oxygen atoms in total. The third kappa shape index (κ3) is 4.29. The lowest BCUT2D eigenvalue weighted by molar-refractivity contribution is -0.114. The molecule has 2 rings (SSSR count). The Hall–Kier alpha value is -2.41. The number of sulfonamides is 1. The third-order valence-electron chi connectivity index (χ3n) is 3.34. The lowest BCUT2D eigenvalue weighted by atomic mass is 10.2. The van der Waals surface area contributed by atoms with Crippen molar-refractivity contribution in [2.75, 3.05) is 22.4 Å². The smallest absolute Gasteiger partial charge is 0.246 e. The second kappa shape index (κ2) is 6.78. The van der Waals surface area contributed by atoms with E-state index in [2.05, 4.69) is 10.3 Å². The summed E-state index contributed by atoms with van der Waals surface area (Å²) in [5.41, 5.74) is 2.07. The van der Waals surface area contributed by atoms with E-state index in [1.54, 1.807) is 37.4 Å². The lowest BCUT2D eigenvalue weighted by Crippen LogP contribution is -2.38. The molecule has 1 amide bonds. The molecule has 0 radical (unpaired) electrons. The van der Waals surface area contributed by atoms with Crippen LogP contribution in [0.15, 0.2) is 42.6 Å². The number of aromatic nitrogens is 1. The van der Waals surface area contributed by atoms with Crippen molar-refractivity contribution in [3.05, 3.63) is 53.7 Å². The highest BCUT2D eigenvalue weighted by molar-refractivity contribution is 7.92. The zero-order valence-corrected chi connectivity index (χ0v) is 14.1. The van der Waals surface area contributed by atoms with Crippen molar-refractivity contribution in [2.45, 2.75) is 13.8 Å². The first kappa shape index (κ1) is 17.0. The van der Waals surface area contributed by atoms with Crippen LogP contribution in [-0.2, 0) is 14.8 Å². The number of anilines is 2. The van der Waals surface area contributed by atoms with Crippen LogP contribution >= 0.6 is 0 Å². The van der Waals surface area contributed by atoms with Crippen molar-refractivity contribution in [3.8, 4) is 0 Å². The maximum Gasteiger partial charge on any atom is 0.246 e. The van der Waals surface area contributed by atoms with Crippen LogP contribution in [0.1, 0.15) is 11.1 Å². The van der Waals surface area contributed by atoms with Crippen LogP contribution in [0.5, 0.6) is 0 Å². The van der Waals surface area contributed by atoms with Crippen LogP contribution in [0.3, 0.4) is 0 Å². The molecule has 0 bridgehead atoms. The molecule has 0 atom stereocenters. The van der Waals surface area contributed by atoms with Gasteiger partial charge in [0.05, 0.1) is 11.9 Å². The summed E-state index contributed by atoms with van der Waals surface area (Å²) in [7, 11) is -3.59. The molecule has 23 heavy (non-hydrogen) atoms. The average Bonchev–Trinajstić information content (AvgIpc) is 2.47. The molecule has 1 aromatic heterocycles. The average molecular weight is 333 g/mol. The number of pyridine rings is 1. The summed E-state index contributed by atoms with van der Waals surface area (Å²) in [6.45, 7) is 3.31. The van der Waals surface area contributed by atoms with E-state index in [9.17, 15) is 13.2 Å². The van der Waals surface area contributed by atoms with Crippen LogP contribution in [0.2, 0.25) is 0 Å². The fourth-order valence-electron chi connectivity index (χ4n) is 2.14. The molecule has 2 aromatic rings. The number of carbonyl (C=O) groups excluding carboxylic acids is 1. The number of nitrogens with one attached hydrogen (secondary N) is 1. The maximum atomic E-state index is 12.2. The molecule has 0 saturated carbocycles. The van der Waals surface area contributed by atoms with E-state index >= 15 is 0 Å². The van der Waals surface area contributed by atoms with E-state index < -0.39 is 15.9 Å². The van der Waals surface area contributed by atoms with E-state index in [0.29, 0.717) is 11.5 Å². The SMILES string of the molecule is Cc1ccccc1N(CC(=O)Nc1ncccc1C)S(C)(=O)=O. The monoisotopic (exact) mass is 333 g/mol. The number of para-hydroxylation sites is 1. The Balaban J connectivity index is 2.24. The van der Waals surface area contributed by atoms with Gasteiger partial charge in [0.2, 0.25) is 15.9 Å². The summed E-state index contributed by atoms with van der Waals surface area (Å²) in [5, 5.41) is 2.65. The van der Waals surface area contributed by atoms with Gasteiger partial charge in [0.25, 0.3) is 0 Å². The van der Waals surface area contributed by atoms with Crippen molar-refractivity contribution < 1.29 is 13.2 Å². The second-order valence-electron chi connectivity index (χ2n) is 5.27. The van der Waals surface area contributed by atoms with E-state index in [0.717, 1.165) is 21.7 Å². The fourth-order valence-corrected chi connectivity index (χ4v) is 3.06. The van der Waals surface area contributed by atoms with Gasteiger partial charge in [-0.2, -0.15) is 0 Å². The molecule has 0 unspecified atom stereocenters. The third-order valence-corrected chi connectivity index (χ3v) is 4.47. The van der Waals surface area contributed by atoms with Gasteiger partial charge in [-0.15, -0.1) is 0 Å². The molecule has 7 heteroatoms. The van der Waals surface area contributed by atoms with Gasteiger partial charge in [-0.25, -0.2) is 13.4 Å². The Bertz CT molecular complexity index is 819. The molecule has 1 N–H and O–H groups in total. The molecule has 0 aliphatic carbocycles. The van der Waals surface area contributed by atoms with Crippen molar-refractivity contribution in [1.82, 2.24) is 4.98 Å². The quantitative estimate of drug-likeness (QED) is 0.909. The highest BCUT2D eigenvalue weighted by atomic mass is 32.2. The summed E-state index contributed by atoms with van der Waals surface area (Å²) >= 11 is 0. The van der Waals surface area contributed by atoms with Gasteiger partial charge in [-0.1, -0.05) is 24.3 Å². The molecule has 0 spiro atoms. The van der Waals surface area contributed by atoms with E-state index in [1.807, 2.05) is 19.1 Å². The molecular formula is C16H19N3O3S. The lowest BCUT2D eigenvalue weighted by Gasteiger charge is -2.23. The number of benzene rings is 1. The highest BCUT2D eigenvalue weighted by Gasteiger charge is 2.22. The Morgan fingerprint density at radius 1 is 1.13 bits per heavy atom. The van der Waals surface area contributed by atoms with Crippen LogP contribution in [0, 0.1) is 13.8 Å². The van der Waals surface area contributed by atoms with Gasteiger partial charge in [-0.3, -0.25) is 9.10 Å². The summed E-state index contributed by atoms with van der Waals surface area (Å²) in [5.74, 6) is -0.0174. The summed E-state index contributed by atoms with van der Waals surface area (Å²) < 4.78 is 25.2. The van der Waals surface area contributed by atoms with E-state index in [1.165, 1.54) is 0 Å². The van der Waals surface area contributed by atoms with Gasteiger partial charge < -0.3 is 5.32 Å². The topological polar surface area (TPSA) is 79.4 Å². The van der Waals surface area contributed by atoms with E-state index in [-0.39, 0.29) is 6.54 Å². The zero-order valence-electron chi connectivity index (χ0n) is 13.3. The Morgan fingerprint density at radius 2 is 1.78 bits per heavy atom. The van der Waals surface area contributed by atoms with Gasteiger partial charge in [0, 0.05) is 6.20 Å². The molecule has 0 fully saturated rings. The molecule has 1 heterocycles. The van der Waals surface area contributed by atoms with Crippen molar-refractivity contribution in [3.63, 3.8) is 0 Å². The number of aryl methyl sites for hydroxylation is 2. The predicted molar refractivity (Wildman–Crippen MR) is 91.0 cm³/mol. The zero-order chi connectivity index (χ0) is 17.0. The number of rotatable bonds is 5. The maximum absolute atomic E-state index is 12.2. The number of hydrogen-bond acceptors (Lipinski definition) is 4. The summed E-state index contributed by atoms with van der Waals surface area (Å²) in [6.07, 6.45) is 2.65. The minimum absolute atomic E-state index is 0.306. The number of amides is 1. The molecule has 0 aliphatic rings. The number of hydrogen-bond donors (Lipinski definition) is 1. The molecule has 122 valence electrons. The molecular weight excluding hydrogens is 314 g/mol. The first-order valence-corrected chi connectivity index (χ1v) is 8.88. The summed E-state index contributed by atoms with van der Waals surface area (Å²) in [6, 6.07) is 10.6. The van der Waals surface area contributed by atoms with Gasteiger partial charge in [0.1, 0.15) is 12.4 Å². The highest BCUT2D eigenvalue weighted by Crippen LogP contribution is 2.22. The van der Waals surface area contributed by atoms with Crippen LogP contribution in [0.25, 0.3) is 0 Å². The van der Waals surface area contributed by atoms with E-state index in [4.69, 9.17) is 0 Å². The van der Waals surface area contributed by atoms with Gasteiger partial charge in [-0.05, 0) is 37.1 Å². The predicted octanol–water partition coefficient (Wildman–Crippen LogP) is 2.10. The molecule has 0 aliphatic heterocycles. The number of carbonyl (C=O) groups is 1. The van der Waals surface area contributed by atoms with Crippen molar-refractivity contribution in [1.29, 1.82) is 0 Å². The largest absolute Gasteiger partial charge is 0.309 e. The summed E-state index contributed by atoms with van der Waals surface area (Å²) in [4.78, 5) is 16.3. The van der Waals surface area contributed by atoms with Crippen LogP contribution < -0.4 is 9.62 Å². The Labute approximate surface area is 136 Å². The van der Waals surface area contributed by atoms with Crippen LogP contribution in [-0.4, -0.2) is 32.1 Å². The van der Waals surface area contributed by atoms with Gasteiger partial charge in [0.15, 0.2) is 0 Å². The van der Waals surface area contributed by atoms with Crippen molar-refractivity contribution >= 4 is 27.4 Å². The Morgan fingerprint density at radius 3 is 2.39 bits per heavy atom. The standard InChI is InChI=1S/C16H19N3O3S/c1-12-7-4-5-9-14(12)19(23(3,21)22)11-15(20)18-16-13(2)8-6-10-17-16/h4-10H,11H2,1-3H3,(H,17,18,20). The molecule has 1 aromatic carbocycles. The minimum atomic E-state index is -3.59. The Kier molecular flexibility index (Phi) is 5.00. The van der Waals surface area contributed by atoms with Crippen molar-refractivity contribution in [2.24, 2.45) is 0 Å². The fraction of sp³-hybridized carbons (Fsp3) is 0.250. The normalized spacial score (nSPS) is 11.1. The first-order valence-electron chi connectivity index (χ1n) is 7.04. The minimum Gasteiger partial charge on any atom is -0.309 e.